The first-order valence-corrected chi connectivity index (χ1v) is 9.24. The highest BCUT2D eigenvalue weighted by molar-refractivity contribution is 9.10. The molecule has 0 radical (unpaired) electrons. The lowest BCUT2D eigenvalue weighted by Gasteiger charge is -2.36. The van der Waals surface area contributed by atoms with E-state index in [9.17, 15) is 14.4 Å². The molecule has 1 atom stereocenters. The first-order chi connectivity index (χ1) is 13.1. The van der Waals surface area contributed by atoms with Crippen molar-refractivity contribution in [3.05, 3.63) is 51.0 Å². The summed E-state index contributed by atoms with van der Waals surface area (Å²) in [4.78, 5) is 38.9. The minimum absolute atomic E-state index is 0.0346. The Hall–Kier alpha value is -2.81. The fourth-order valence-electron chi connectivity index (χ4n) is 3.52. The molecule has 1 spiro atoms. The molecule has 0 saturated heterocycles. The zero-order valence-corrected chi connectivity index (χ0v) is 17.3. The summed E-state index contributed by atoms with van der Waals surface area (Å²) in [6.07, 6.45) is -0.474. The molecule has 2 aliphatic heterocycles. The number of benzene rings is 1. The number of carbonyl (C=O) groups excluding carboxylic acids is 3. The number of hydrogen-bond acceptors (Lipinski definition) is 8. The van der Waals surface area contributed by atoms with E-state index in [1.807, 2.05) is 0 Å². The van der Waals surface area contributed by atoms with Crippen LogP contribution in [0.5, 0.6) is 0 Å². The molecule has 0 aromatic heterocycles. The van der Waals surface area contributed by atoms with Crippen LogP contribution >= 0.6 is 15.9 Å². The first-order valence-electron chi connectivity index (χ1n) is 8.44. The molecule has 8 nitrogen and oxygen atoms in total. The van der Waals surface area contributed by atoms with Gasteiger partial charge >= 0.3 is 17.9 Å². The molecule has 1 aromatic carbocycles. The van der Waals surface area contributed by atoms with Crippen LogP contribution in [0.25, 0.3) is 0 Å². The molecule has 28 heavy (non-hydrogen) atoms. The third kappa shape index (κ3) is 2.77. The molecule has 0 fully saturated rings. The van der Waals surface area contributed by atoms with Crippen molar-refractivity contribution in [3.63, 3.8) is 0 Å². The average molecular weight is 451 g/mol. The Bertz CT molecular complexity index is 965. The van der Waals surface area contributed by atoms with Crippen molar-refractivity contribution in [3.8, 4) is 0 Å². The van der Waals surface area contributed by atoms with E-state index in [1.165, 1.54) is 14.0 Å². The van der Waals surface area contributed by atoms with Gasteiger partial charge in [-0.25, -0.2) is 14.4 Å². The van der Waals surface area contributed by atoms with Gasteiger partial charge in [0.1, 0.15) is 22.7 Å². The third-order valence-electron chi connectivity index (χ3n) is 4.51. The molecular weight excluding hydrogens is 432 g/mol. The topological polar surface area (TPSA) is 117 Å². The smallest absolute Gasteiger partial charge is 0.339 e. The summed E-state index contributed by atoms with van der Waals surface area (Å²) in [6, 6.07) is 5.04. The zero-order chi connectivity index (χ0) is 20.8. The summed E-state index contributed by atoms with van der Waals surface area (Å²) < 4.78 is 16.2. The van der Waals surface area contributed by atoms with Crippen LogP contribution in [0, 0.1) is 0 Å². The van der Waals surface area contributed by atoms with Crippen LogP contribution in [-0.2, 0) is 34.0 Å². The molecule has 0 unspecified atom stereocenters. The largest absolute Gasteiger partial charge is 0.466 e. The molecule has 2 heterocycles. The van der Waals surface area contributed by atoms with E-state index in [-0.39, 0.29) is 22.7 Å². The molecule has 0 aliphatic carbocycles. The number of cyclic esters (lactones) is 1. The minimum Gasteiger partial charge on any atom is -0.466 e. The molecule has 0 amide bonds. The second kappa shape index (κ2) is 6.97. The molecule has 1 aromatic rings. The van der Waals surface area contributed by atoms with Gasteiger partial charge < -0.3 is 25.3 Å². The quantitative estimate of drug-likeness (QED) is 0.531. The number of nitrogens with two attached hydrogens (primary N) is 1. The predicted octanol–water partition coefficient (Wildman–Crippen LogP) is 2.24. The summed E-state index contributed by atoms with van der Waals surface area (Å²) >= 11 is 3.37. The summed E-state index contributed by atoms with van der Waals surface area (Å²) in [6.45, 7) is 4.79. The maximum absolute atomic E-state index is 13.2. The van der Waals surface area contributed by atoms with E-state index < -0.39 is 29.4 Å². The van der Waals surface area contributed by atoms with Gasteiger partial charge in [0, 0.05) is 15.7 Å². The predicted molar refractivity (Wildman–Crippen MR) is 103 cm³/mol. The molecule has 9 heteroatoms. The van der Waals surface area contributed by atoms with Crippen LogP contribution < -0.4 is 11.1 Å². The number of nitrogens with one attached hydrogen (secondary N) is 1. The van der Waals surface area contributed by atoms with Crippen LogP contribution in [0.2, 0.25) is 0 Å². The Morgan fingerprint density at radius 3 is 2.54 bits per heavy atom. The third-order valence-corrected chi connectivity index (χ3v) is 5.01. The Balaban J connectivity index is 2.41. The van der Waals surface area contributed by atoms with E-state index in [4.69, 9.17) is 19.9 Å². The van der Waals surface area contributed by atoms with Gasteiger partial charge in [-0.05, 0) is 39.0 Å². The monoisotopic (exact) mass is 450 g/mol. The number of rotatable bonds is 3. The Morgan fingerprint density at radius 2 is 1.93 bits per heavy atom. The highest BCUT2D eigenvalue weighted by Gasteiger charge is 2.62. The van der Waals surface area contributed by atoms with Gasteiger partial charge in [-0.3, -0.25) is 0 Å². The second-order valence-electron chi connectivity index (χ2n) is 6.62. The van der Waals surface area contributed by atoms with E-state index in [0.717, 1.165) is 0 Å². The molecule has 3 N–H and O–H groups in total. The standard InChI is InChI=1S/C19H19BrN2O6/c1-8(2)27-17(24)14-15(21)22-12-6-5-10(20)7-11(12)19(14)13(16(23)26-4)9(3)28-18(19)25/h5-8,22H,21H2,1-4H3/t19-/m1/s1. The van der Waals surface area contributed by atoms with Gasteiger partial charge in [-0.1, -0.05) is 15.9 Å². The Kier molecular flexibility index (Phi) is 4.97. The lowest BCUT2D eigenvalue weighted by atomic mass is 9.67. The van der Waals surface area contributed by atoms with Crippen molar-refractivity contribution >= 4 is 39.5 Å². The normalized spacial score (nSPS) is 20.9. The summed E-state index contributed by atoms with van der Waals surface area (Å²) in [5.41, 5.74) is 4.70. The van der Waals surface area contributed by atoms with Crippen molar-refractivity contribution in [1.82, 2.24) is 0 Å². The molecule has 148 valence electrons. The van der Waals surface area contributed by atoms with E-state index >= 15 is 0 Å². The number of hydrogen-bond donors (Lipinski definition) is 2. The van der Waals surface area contributed by atoms with Crippen LogP contribution in [0.15, 0.2) is 45.4 Å². The van der Waals surface area contributed by atoms with Gasteiger partial charge in [0.25, 0.3) is 0 Å². The molecule has 3 rings (SSSR count). The minimum atomic E-state index is -1.91. The summed E-state index contributed by atoms with van der Waals surface area (Å²) in [7, 11) is 1.18. The lowest BCUT2D eigenvalue weighted by Crippen LogP contribution is -2.48. The highest BCUT2D eigenvalue weighted by atomic mass is 79.9. The summed E-state index contributed by atoms with van der Waals surface area (Å²) in [5, 5.41) is 2.91. The SMILES string of the molecule is COC(=O)C1=C(C)OC(=O)[C@@]12C(C(=O)OC(C)C)=C(N)Nc1ccc(Br)cc12. The fourth-order valence-corrected chi connectivity index (χ4v) is 3.88. The van der Waals surface area contributed by atoms with Crippen molar-refractivity contribution in [2.45, 2.75) is 32.3 Å². The maximum atomic E-state index is 13.2. The molecular formula is C19H19BrN2O6. The number of halogens is 1. The van der Waals surface area contributed by atoms with E-state index in [2.05, 4.69) is 21.2 Å². The number of fused-ring (bicyclic) bond motifs is 2. The van der Waals surface area contributed by atoms with E-state index in [1.54, 1.807) is 32.0 Å². The van der Waals surface area contributed by atoms with Crippen LogP contribution in [0.3, 0.4) is 0 Å². The van der Waals surface area contributed by atoms with Gasteiger partial charge in [0.2, 0.25) is 0 Å². The Morgan fingerprint density at radius 1 is 1.25 bits per heavy atom. The van der Waals surface area contributed by atoms with Gasteiger partial charge in [-0.2, -0.15) is 0 Å². The number of anilines is 1. The van der Waals surface area contributed by atoms with Crippen LogP contribution in [0.4, 0.5) is 5.69 Å². The van der Waals surface area contributed by atoms with Crippen molar-refractivity contribution in [2.24, 2.45) is 5.73 Å². The van der Waals surface area contributed by atoms with Crippen molar-refractivity contribution in [2.75, 3.05) is 12.4 Å². The molecule has 0 bridgehead atoms. The Labute approximate surface area is 169 Å². The summed E-state index contributed by atoms with van der Waals surface area (Å²) in [5.74, 6) is -2.54. The van der Waals surface area contributed by atoms with Gasteiger partial charge in [-0.15, -0.1) is 0 Å². The van der Waals surface area contributed by atoms with Gasteiger partial charge in [0.05, 0.1) is 13.2 Å². The number of esters is 3. The second-order valence-corrected chi connectivity index (χ2v) is 7.54. The fraction of sp³-hybridized carbons (Fsp3) is 0.316. The van der Waals surface area contributed by atoms with Crippen LogP contribution in [-0.4, -0.2) is 31.1 Å². The van der Waals surface area contributed by atoms with Crippen molar-refractivity contribution < 1.29 is 28.6 Å². The maximum Gasteiger partial charge on any atom is 0.339 e. The number of allylic oxidation sites excluding steroid dienone is 1. The number of ether oxygens (including phenoxy) is 3. The molecule has 2 aliphatic rings. The average Bonchev–Trinajstić information content (AvgIpc) is 2.85. The number of carbonyl (C=O) groups is 3. The van der Waals surface area contributed by atoms with E-state index in [0.29, 0.717) is 15.7 Å². The number of methoxy groups -OCH3 is 1. The van der Waals surface area contributed by atoms with Gasteiger partial charge in [0.15, 0.2) is 5.41 Å². The van der Waals surface area contributed by atoms with Crippen molar-refractivity contribution in [1.29, 1.82) is 0 Å². The van der Waals surface area contributed by atoms with Crippen LogP contribution in [0.1, 0.15) is 26.3 Å². The first kappa shape index (κ1) is 19.9. The molecule has 0 saturated carbocycles. The lowest BCUT2D eigenvalue weighted by molar-refractivity contribution is -0.148. The highest BCUT2D eigenvalue weighted by Crippen LogP contribution is 2.53. The zero-order valence-electron chi connectivity index (χ0n) is 15.7.